The molecule has 1 N–H and O–H groups in total. The lowest BCUT2D eigenvalue weighted by Gasteiger charge is -2.29. The first kappa shape index (κ1) is 13.4. The molecule has 0 spiro atoms. The van der Waals surface area contributed by atoms with Gasteiger partial charge >= 0.3 is 0 Å². The highest BCUT2D eigenvalue weighted by atomic mass is 16.5. The van der Waals surface area contributed by atoms with E-state index in [4.69, 9.17) is 4.74 Å². The van der Waals surface area contributed by atoms with Gasteiger partial charge < -0.3 is 10.1 Å². The maximum Gasteiger partial charge on any atom is 0.118 e. The average Bonchev–Trinajstić information content (AvgIpc) is 2.37. The van der Waals surface area contributed by atoms with Gasteiger partial charge in [-0.2, -0.15) is 0 Å². The smallest absolute Gasteiger partial charge is 0.118 e. The van der Waals surface area contributed by atoms with Crippen LogP contribution in [0.4, 0.5) is 0 Å². The van der Waals surface area contributed by atoms with E-state index in [1.165, 1.54) is 37.7 Å². The molecule has 0 saturated heterocycles. The molecule has 1 unspecified atom stereocenters. The second-order valence-electron chi connectivity index (χ2n) is 5.40. The van der Waals surface area contributed by atoms with E-state index in [2.05, 4.69) is 36.6 Å². The van der Waals surface area contributed by atoms with Crippen molar-refractivity contribution in [3.63, 3.8) is 0 Å². The van der Waals surface area contributed by atoms with Crippen molar-refractivity contribution in [3.05, 3.63) is 29.8 Å². The van der Waals surface area contributed by atoms with Crippen LogP contribution < -0.4 is 10.1 Å². The first-order chi connectivity index (χ1) is 8.81. The molecule has 0 aliphatic heterocycles. The average molecular weight is 247 g/mol. The van der Waals surface area contributed by atoms with E-state index < -0.39 is 0 Å². The van der Waals surface area contributed by atoms with Crippen LogP contribution in [-0.4, -0.2) is 20.2 Å². The summed E-state index contributed by atoms with van der Waals surface area (Å²) in [6.07, 6.45) is 8.08. The standard InChI is InChI=1S/C16H25NO/c1-17-15(12-14-4-3-5-14)9-6-13-7-10-16(18-2)11-8-13/h7-8,10-11,14-15,17H,3-6,9,12H2,1-2H3. The molecule has 0 aromatic heterocycles. The van der Waals surface area contributed by atoms with Gasteiger partial charge in [0.25, 0.3) is 0 Å². The molecule has 2 nitrogen and oxygen atoms in total. The number of hydrogen-bond donors (Lipinski definition) is 1. The lowest BCUT2D eigenvalue weighted by Crippen LogP contribution is -2.30. The molecule has 1 aromatic carbocycles. The van der Waals surface area contributed by atoms with Crippen LogP contribution in [0.15, 0.2) is 24.3 Å². The molecular formula is C16H25NO. The molecule has 1 fully saturated rings. The summed E-state index contributed by atoms with van der Waals surface area (Å²) in [5, 5.41) is 3.47. The van der Waals surface area contributed by atoms with E-state index in [1.807, 2.05) is 0 Å². The fraction of sp³-hybridized carbons (Fsp3) is 0.625. The fourth-order valence-electron chi connectivity index (χ4n) is 2.64. The van der Waals surface area contributed by atoms with Gasteiger partial charge in [0.05, 0.1) is 7.11 Å². The van der Waals surface area contributed by atoms with Crippen molar-refractivity contribution in [2.45, 2.75) is 44.6 Å². The van der Waals surface area contributed by atoms with Crippen LogP contribution in [0.25, 0.3) is 0 Å². The van der Waals surface area contributed by atoms with Crippen LogP contribution in [-0.2, 0) is 6.42 Å². The second kappa shape index (κ2) is 6.79. The topological polar surface area (TPSA) is 21.3 Å². The summed E-state index contributed by atoms with van der Waals surface area (Å²) >= 11 is 0. The van der Waals surface area contributed by atoms with Crippen molar-refractivity contribution in [1.29, 1.82) is 0 Å². The number of benzene rings is 1. The minimum absolute atomic E-state index is 0.678. The van der Waals surface area contributed by atoms with Gasteiger partial charge in [0, 0.05) is 6.04 Å². The van der Waals surface area contributed by atoms with Crippen LogP contribution in [0.1, 0.15) is 37.7 Å². The van der Waals surface area contributed by atoms with Gasteiger partial charge in [0.2, 0.25) is 0 Å². The Bertz CT molecular complexity index is 343. The molecule has 2 rings (SSSR count). The van der Waals surface area contributed by atoms with Crippen LogP contribution >= 0.6 is 0 Å². The van der Waals surface area contributed by atoms with Gasteiger partial charge in [-0.1, -0.05) is 31.4 Å². The van der Waals surface area contributed by atoms with E-state index in [0.29, 0.717) is 6.04 Å². The molecule has 1 aliphatic rings. The van der Waals surface area contributed by atoms with E-state index in [1.54, 1.807) is 7.11 Å². The maximum absolute atomic E-state index is 5.18. The third kappa shape index (κ3) is 3.74. The van der Waals surface area contributed by atoms with Crippen molar-refractivity contribution in [2.75, 3.05) is 14.2 Å². The number of ether oxygens (including phenoxy) is 1. The molecule has 0 heterocycles. The Labute approximate surface area is 111 Å². The molecule has 1 aromatic rings. The van der Waals surface area contributed by atoms with Gasteiger partial charge in [-0.3, -0.25) is 0 Å². The summed E-state index contributed by atoms with van der Waals surface area (Å²) in [7, 11) is 3.81. The molecule has 2 heteroatoms. The zero-order valence-electron chi connectivity index (χ0n) is 11.6. The van der Waals surface area contributed by atoms with Crippen molar-refractivity contribution in [1.82, 2.24) is 5.32 Å². The summed E-state index contributed by atoms with van der Waals surface area (Å²) in [6, 6.07) is 9.13. The highest BCUT2D eigenvalue weighted by molar-refractivity contribution is 5.27. The van der Waals surface area contributed by atoms with Gasteiger partial charge in [0.1, 0.15) is 5.75 Å². The SMILES string of the molecule is CNC(CCc1ccc(OC)cc1)CC1CCC1. The molecule has 1 aliphatic carbocycles. The zero-order chi connectivity index (χ0) is 12.8. The molecule has 100 valence electrons. The first-order valence-corrected chi connectivity index (χ1v) is 7.12. The van der Waals surface area contributed by atoms with Crippen LogP contribution in [0.3, 0.4) is 0 Å². The van der Waals surface area contributed by atoms with E-state index in [0.717, 1.165) is 18.1 Å². The summed E-state index contributed by atoms with van der Waals surface area (Å²) < 4.78 is 5.18. The summed E-state index contributed by atoms with van der Waals surface area (Å²) in [5.74, 6) is 1.93. The molecular weight excluding hydrogens is 222 g/mol. The van der Waals surface area contributed by atoms with Crippen molar-refractivity contribution < 1.29 is 4.74 Å². The van der Waals surface area contributed by atoms with Crippen LogP contribution in [0, 0.1) is 5.92 Å². The van der Waals surface area contributed by atoms with Gasteiger partial charge in [-0.15, -0.1) is 0 Å². The lowest BCUT2D eigenvalue weighted by molar-refractivity contribution is 0.259. The molecule has 0 bridgehead atoms. The van der Waals surface area contributed by atoms with E-state index in [9.17, 15) is 0 Å². The molecule has 1 atom stereocenters. The first-order valence-electron chi connectivity index (χ1n) is 7.12. The number of rotatable bonds is 7. The van der Waals surface area contributed by atoms with Crippen LogP contribution in [0.5, 0.6) is 5.75 Å². The third-order valence-electron chi connectivity index (χ3n) is 4.19. The molecule has 0 radical (unpaired) electrons. The minimum Gasteiger partial charge on any atom is -0.497 e. The molecule has 18 heavy (non-hydrogen) atoms. The van der Waals surface area contributed by atoms with E-state index >= 15 is 0 Å². The van der Waals surface area contributed by atoms with Crippen molar-refractivity contribution in [3.8, 4) is 5.75 Å². The minimum atomic E-state index is 0.678. The van der Waals surface area contributed by atoms with E-state index in [-0.39, 0.29) is 0 Å². The number of methoxy groups -OCH3 is 1. The Balaban J connectivity index is 1.76. The summed E-state index contributed by atoms with van der Waals surface area (Å²) in [4.78, 5) is 0. The highest BCUT2D eigenvalue weighted by Crippen LogP contribution is 2.31. The van der Waals surface area contributed by atoms with Crippen LogP contribution in [0.2, 0.25) is 0 Å². The number of aryl methyl sites for hydroxylation is 1. The number of hydrogen-bond acceptors (Lipinski definition) is 2. The largest absolute Gasteiger partial charge is 0.497 e. The Kier molecular flexibility index (Phi) is 5.06. The lowest BCUT2D eigenvalue weighted by atomic mass is 9.80. The Morgan fingerprint density at radius 2 is 2.00 bits per heavy atom. The number of nitrogens with one attached hydrogen (secondary N) is 1. The molecule has 1 saturated carbocycles. The van der Waals surface area contributed by atoms with Gasteiger partial charge in [-0.05, 0) is 49.9 Å². The zero-order valence-corrected chi connectivity index (χ0v) is 11.6. The Hall–Kier alpha value is -1.02. The third-order valence-corrected chi connectivity index (χ3v) is 4.19. The Morgan fingerprint density at radius 3 is 2.50 bits per heavy atom. The normalized spacial score (nSPS) is 17.2. The van der Waals surface area contributed by atoms with Gasteiger partial charge in [-0.25, -0.2) is 0 Å². The quantitative estimate of drug-likeness (QED) is 0.797. The monoisotopic (exact) mass is 247 g/mol. The van der Waals surface area contributed by atoms with Crippen molar-refractivity contribution in [2.24, 2.45) is 5.92 Å². The summed E-state index contributed by atoms with van der Waals surface area (Å²) in [6.45, 7) is 0. The summed E-state index contributed by atoms with van der Waals surface area (Å²) in [5.41, 5.74) is 1.41. The van der Waals surface area contributed by atoms with Gasteiger partial charge in [0.15, 0.2) is 0 Å². The maximum atomic E-state index is 5.18. The second-order valence-corrected chi connectivity index (χ2v) is 5.40. The molecule has 0 amide bonds. The fourth-order valence-corrected chi connectivity index (χ4v) is 2.64. The predicted molar refractivity (Wildman–Crippen MR) is 76.1 cm³/mol. The predicted octanol–water partition coefficient (Wildman–Crippen LogP) is 3.41. The van der Waals surface area contributed by atoms with Crippen molar-refractivity contribution >= 4 is 0 Å². The Morgan fingerprint density at radius 1 is 1.28 bits per heavy atom. The highest BCUT2D eigenvalue weighted by Gasteiger charge is 2.20.